The third-order valence-corrected chi connectivity index (χ3v) is 3.61. The molecule has 1 amide bonds. The van der Waals surface area contributed by atoms with Crippen molar-refractivity contribution in [3.05, 3.63) is 35.0 Å². The number of hydrogen-bond acceptors (Lipinski definition) is 2. The molecular formula is C15H20N2O2. The van der Waals surface area contributed by atoms with Crippen molar-refractivity contribution in [1.29, 1.82) is 0 Å². The number of H-pyrrole nitrogens is 1. The Morgan fingerprint density at radius 2 is 2.11 bits per heavy atom. The lowest BCUT2D eigenvalue weighted by Gasteiger charge is -2.18. The van der Waals surface area contributed by atoms with Gasteiger partial charge in [-0.1, -0.05) is 6.07 Å². The highest BCUT2D eigenvalue weighted by atomic mass is 16.3. The first-order chi connectivity index (χ1) is 9.08. The van der Waals surface area contributed by atoms with Crippen LogP contribution in [0.15, 0.2) is 18.2 Å². The van der Waals surface area contributed by atoms with E-state index in [1.165, 1.54) is 11.1 Å². The molecule has 0 aliphatic heterocycles. The van der Waals surface area contributed by atoms with Gasteiger partial charge in [-0.25, -0.2) is 0 Å². The van der Waals surface area contributed by atoms with Crippen LogP contribution in [0.25, 0.3) is 10.9 Å². The SMILES string of the molecule is CCN(CCO)C(=O)c1cc2c(C)c(C)ccc2[nH]1. The molecule has 0 aliphatic carbocycles. The summed E-state index contributed by atoms with van der Waals surface area (Å²) >= 11 is 0. The van der Waals surface area contributed by atoms with Gasteiger partial charge < -0.3 is 15.0 Å². The molecule has 2 aromatic rings. The fraction of sp³-hybridized carbons (Fsp3) is 0.400. The summed E-state index contributed by atoms with van der Waals surface area (Å²) in [7, 11) is 0. The average Bonchev–Trinajstić information content (AvgIpc) is 2.84. The van der Waals surface area contributed by atoms with E-state index in [0.717, 1.165) is 10.9 Å². The molecule has 1 aromatic heterocycles. The summed E-state index contributed by atoms with van der Waals surface area (Å²) in [5.41, 5.74) is 3.97. The Labute approximate surface area is 113 Å². The molecule has 1 heterocycles. The maximum atomic E-state index is 12.3. The van der Waals surface area contributed by atoms with Gasteiger partial charge in [0.1, 0.15) is 5.69 Å². The summed E-state index contributed by atoms with van der Waals surface area (Å²) in [5, 5.41) is 10.1. The smallest absolute Gasteiger partial charge is 0.270 e. The number of aliphatic hydroxyl groups excluding tert-OH is 1. The average molecular weight is 260 g/mol. The maximum Gasteiger partial charge on any atom is 0.270 e. The minimum absolute atomic E-state index is 0.0159. The van der Waals surface area contributed by atoms with Crippen LogP contribution >= 0.6 is 0 Å². The summed E-state index contributed by atoms with van der Waals surface area (Å²) in [6.07, 6.45) is 0. The van der Waals surface area contributed by atoms with E-state index in [2.05, 4.69) is 18.8 Å². The topological polar surface area (TPSA) is 56.3 Å². The Morgan fingerprint density at radius 1 is 1.37 bits per heavy atom. The molecule has 0 fully saturated rings. The Morgan fingerprint density at radius 3 is 2.74 bits per heavy atom. The minimum atomic E-state index is -0.0650. The first kappa shape index (κ1) is 13.6. The molecule has 19 heavy (non-hydrogen) atoms. The molecule has 0 saturated heterocycles. The van der Waals surface area contributed by atoms with Gasteiger partial charge in [0.2, 0.25) is 0 Å². The van der Waals surface area contributed by atoms with Crippen LogP contribution in [0.1, 0.15) is 28.5 Å². The monoisotopic (exact) mass is 260 g/mol. The number of aryl methyl sites for hydroxylation is 2. The summed E-state index contributed by atoms with van der Waals surface area (Å²) in [6.45, 7) is 6.97. The maximum absolute atomic E-state index is 12.3. The fourth-order valence-electron chi connectivity index (χ4n) is 2.27. The third-order valence-electron chi connectivity index (χ3n) is 3.61. The van der Waals surface area contributed by atoms with Gasteiger partial charge in [-0.2, -0.15) is 0 Å². The number of nitrogens with one attached hydrogen (secondary N) is 1. The van der Waals surface area contributed by atoms with Gasteiger partial charge >= 0.3 is 0 Å². The Bertz CT molecular complexity index is 601. The second-order valence-electron chi connectivity index (χ2n) is 4.76. The van der Waals surface area contributed by atoms with Gasteiger partial charge in [-0.3, -0.25) is 4.79 Å². The molecule has 4 heteroatoms. The molecule has 0 bridgehead atoms. The summed E-state index contributed by atoms with van der Waals surface area (Å²) < 4.78 is 0. The van der Waals surface area contributed by atoms with Crippen molar-refractivity contribution >= 4 is 16.8 Å². The van der Waals surface area contributed by atoms with Crippen LogP contribution in [-0.2, 0) is 0 Å². The van der Waals surface area contributed by atoms with E-state index >= 15 is 0 Å². The predicted molar refractivity (Wildman–Crippen MR) is 76.4 cm³/mol. The molecular weight excluding hydrogens is 240 g/mol. The number of aliphatic hydroxyl groups is 1. The van der Waals surface area contributed by atoms with Crippen LogP contribution in [0.3, 0.4) is 0 Å². The Hall–Kier alpha value is -1.81. The van der Waals surface area contributed by atoms with Crippen molar-refractivity contribution in [2.75, 3.05) is 19.7 Å². The van der Waals surface area contributed by atoms with Crippen LogP contribution in [-0.4, -0.2) is 40.6 Å². The second-order valence-corrected chi connectivity index (χ2v) is 4.76. The standard InChI is InChI=1S/C15H20N2O2/c1-4-17(7-8-18)15(19)14-9-12-11(3)10(2)5-6-13(12)16-14/h5-6,9,16,18H,4,7-8H2,1-3H3. The van der Waals surface area contributed by atoms with Crippen molar-refractivity contribution in [1.82, 2.24) is 9.88 Å². The Kier molecular flexibility index (Phi) is 3.90. The van der Waals surface area contributed by atoms with Crippen molar-refractivity contribution in [3.63, 3.8) is 0 Å². The van der Waals surface area contributed by atoms with Crippen LogP contribution in [0.4, 0.5) is 0 Å². The van der Waals surface area contributed by atoms with E-state index in [4.69, 9.17) is 5.11 Å². The normalized spacial score (nSPS) is 10.9. The van der Waals surface area contributed by atoms with Gasteiger partial charge in [-0.15, -0.1) is 0 Å². The molecule has 0 spiro atoms. The zero-order chi connectivity index (χ0) is 14.0. The highest BCUT2D eigenvalue weighted by Gasteiger charge is 2.16. The van der Waals surface area contributed by atoms with Gasteiger partial charge in [0, 0.05) is 24.0 Å². The molecule has 0 aliphatic rings. The van der Waals surface area contributed by atoms with Crippen LogP contribution in [0, 0.1) is 13.8 Å². The van der Waals surface area contributed by atoms with E-state index < -0.39 is 0 Å². The van der Waals surface area contributed by atoms with Gasteiger partial charge in [-0.05, 0) is 44.0 Å². The van der Waals surface area contributed by atoms with Crippen molar-refractivity contribution in [2.24, 2.45) is 0 Å². The zero-order valence-electron chi connectivity index (χ0n) is 11.7. The minimum Gasteiger partial charge on any atom is -0.395 e. The molecule has 2 N–H and O–H groups in total. The number of carbonyl (C=O) groups is 1. The summed E-state index contributed by atoms with van der Waals surface area (Å²) in [5.74, 6) is -0.0650. The number of aromatic amines is 1. The molecule has 1 aromatic carbocycles. The fourth-order valence-corrected chi connectivity index (χ4v) is 2.27. The lowest BCUT2D eigenvalue weighted by Crippen LogP contribution is -2.33. The molecule has 102 valence electrons. The zero-order valence-corrected chi connectivity index (χ0v) is 11.7. The van der Waals surface area contributed by atoms with Crippen LogP contribution in [0.2, 0.25) is 0 Å². The van der Waals surface area contributed by atoms with E-state index in [1.807, 2.05) is 25.1 Å². The number of aromatic nitrogens is 1. The van der Waals surface area contributed by atoms with E-state index in [0.29, 0.717) is 18.8 Å². The molecule has 0 unspecified atom stereocenters. The number of carbonyl (C=O) groups excluding carboxylic acids is 1. The highest BCUT2D eigenvalue weighted by molar-refractivity contribution is 5.99. The molecule has 0 radical (unpaired) electrons. The number of hydrogen-bond donors (Lipinski definition) is 2. The van der Waals surface area contributed by atoms with Crippen molar-refractivity contribution in [2.45, 2.75) is 20.8 Å². The molecule has 0 atom stereocenters. The van der Waals surface area contributed by atoms with Crippen LogP contribution in [0.5, 0.6) is 0 Å². The first-order valence-electron chi connectivity index (χ1n) is 6.57. The number of amides is 1. The van der Waals surface area contributed by atoms with Crippen molar-refractivity contribution in [3.8, 4) is 0 Å². The number of nitrogens with zero attached hydrogens (tertiary/aromatic N) is 1. The largest absolute Gasteiger partial charge is 0.395 e. The van der Waals surface area contributed by atoms with Gasteiger partial charge in [0.15, 0.2) is 0 Å². The van der Waals surface area contributed by atoms with Gasteiger partial charge in [0.25, 0.3) is 5.91 Å². The second kappa shape index (κ2) is 5.45. The third kappa shape index (κ3) is 2.49. The first-order valence-corrected chi connectivity index (χ1v) is 6.57. The number of rotatable bonds is 4. The van der Waals surface area contributed by atoms with Gasteiger partial charge in [0.05, 0.1) is 6.61 Å². The summed E-state index contributed by atoms with van der Waals surface area (Å²) in [6, 6.07) is 5.95. The molecule has 4 nitrogen and oxygen atoms in total. The number of benzene rings is 1. The van der Waals surface area contributed by atoms with Crippen molar-refractivity contribution < 1.29 is 9.90 Å². The number of fused-ring (bicyclic) bond motifs is 1. The predicted octanol–water partition coefficient (Wildman–Crippen LogP) is 2.24. The van der Waals surface area contributed by atoms with E-state index in [-0.39, 0.29) is 12.5 Å². The lowest BCUT2D eigenvalue weighted by molar-refractivity contribution is 0.0727. The highest BCUT2D eigenvalue weighted by Crippen LogP contribution is 2.22. The Balaban J connectivity index is 2.41. The molecule has 2 rings (SSSR count). The quantitative estimate of drug-likeness (QED) is 0.885. The summed E-state index contributed by atoms with van der Waals surface area (Å²) in [4.78, 5) is 17.1. The number of likely N-dealkylation sites (N-methyl/N-ethyl adjacent to an activating group) is 1. The molecule has 0 saturated carbocycles. The van der Waals surface area contributed by atoms with Crippen LogP contribution < -0.4 is 0 Å². The van der Waals surface area contributed by atoms with E-state index in [1.54, 1.807) is 4.90 Å². The van der Waals surface area contributed by atoms with E-state index in [9.17, 15) is 4.79 Å². The lowest BCUT2D eigenvalue weighted by atomic mass is 10.1.